The first-order chi connectivity index (χ1) is 10.0. The Kier molecular flexibility index (Phi) is 7.36. The van der Waals surface area contributed by atoms with E-state index in [1.165, 1.54) is 12.8 Å². The maximum absolute atomic E-state index is 12.5. The van der Waals surface area contributed by atoms with Gasteiger partial charge < -0.3 is 10.6 Å². The molecule has 1 amide bonds. The minimum Gasteiger partial charge on any atom is -0.352 e. The molecule has 1 aromatic rings. The van der Waals surface area contributed by atoms with Crippen molar-refractivity contribution < 1.29 is 4.79 Å². The number of hydrogen-bond acceptors (Lipinski definition) is 3. The Labute approximate surface area is 139 Å². The molecule has 2 N–H and O–H groups in total. The zero-order valence-corrected chi connectivity index (χ0v) is 14.8. The second-order valence-corrected chi connectivity index (χ2v) is 6.53. The number of carbonyl (C=O) groups is 1. The maximum atomic E-state index is 12.5. The molecule has 1 heterocycles. The van der Waals surface area contributed by atoms with Crippen LogP contribution in [-0.4, -0.2) is 28.8 Å². The molecule has 1 aliphatic rings. The standard InChI is InChI=1S/C16H28N4O.ClH/c1-11(2)12-5-7-14(8-6-12)19-16(21)15(17-3)13-9-18-20(4)10-13;/h9-12,14-15,17H,5-8H2,1-4H3,(H,19,21);1H. The van der Waals surface area contributed by atoms with E-state index in [1.807, 2.05) is 20.3 Å². The van der Waals surface area contributed by atoms with Gasteiger partial charge in [-0.3, -0.25) is 9.48 Å². The van der Waals surface area contributed by atoms with E-state index in [0.717, 1.165) is 30.2 Å². The van der Waals surface area contributed by atoms with E-state index in [-0.39, 0.29) is 24.4 Å². The van der Waals surface area contributed by atoms with Gasteiger partial charge in [-0.2, -0.15) is 5.10 Å². The highest BCUT2D eigenvalue weighted by molar-refractivity contribution is 5.85. The van der Waals surface area contributed by atoms with Crippen LogP contribution in [-0.2, 0) is 11.8 Å². The Morgan fingerprint density at radius 3 is 2.41 bits per heavy atom. The third kappa shape index (κ3) is 4.71. The maximum Gasteiger partial charge on any atom is 0.242 e. The molecule has 0 spiro atoms. The van der Waals surface area contributed by atoms with Crippen molar-refractivity contribution in [3.05, 3.63) is 18.0 Å². The zero-order valence-electron chi connectivity index (χ0n) is 14.0. The van der Waals surface area contributed by atoms with Crippen LogP contribution in [0.1, 0.15) is 51.1 Å². The lowest BCUT2D eigenvalue weighted by Gasteiger charge is -2.32. The van der Waals surface area contributed by atoms with Crippen LogP contribution in [0.25, 0.3) is 0 Å². The van der Waals surface area contributed by atoms with E-state index in [1.54, 1.807) is 10.9 Å². The first-order valence-electron chi connectivity index (χ1n) is 7.97. The lowest BCUT2D eigenvalue weighted by atomic mass is 9.79. The average Bonchev–Trinajstić information content (AvgIpc) is 2.86. The third-order valence-electron chi connectivity index (χ3n) is 4.67. The highest BCUT2D eigenvalue weighted by atomic mass is 35.5. The van der Waals surface area contributed by atoms with E-state index in [0.29, 0.717) is 6.04 Å². The number of aromatic nitrogens is 2. The van der Waals surface area contributed by atoms with Crippen LogP contribution >= 0.6 is 12.4 Å². The van der Waals surface area contributed by atoms with Crippen molar-refractivity contribution in [2.24, 2.45) is 18.9 Å². The molecule has 126 valence electrons. The summed E-state index contributed by atoms with van der Waals surface area (Å²) in [7, 11) is 3.67. The predicted octanol–water partition coefficient (Wildman–Crippen LogP) is 2.43. The summed E-state index contributed by atoms with van der Waals surface area (Å²) in [5.74, 6) is 1.62. The van der Waals surface area contributed by atoms with Gasteiger partial charge in [-0.1, -0.05) is 13.8 Å². The van der Waals surface area contributed by atoms with E-state index >= 15 is 0 Å². The van der Waals surface area contributed by atoms with Gasteiger partial charge in [-0.25, -0.2) is 0 Å². The van der Waals surface area contributed by atoms with Gasteiger partial charge in [-0.15, -0.1) is 12.4 Å². The molecule has 1 unspecified atom stereocenters. The van der Waals surface area contributed by atoms with Crippen LogP contribution < -0.4 is 10.6 Å². The molecule has 5 nitrogen and oxygen atoms in total. The Balaban J connectivity index is 0.00000242. The fourth-order valence-electron chi connectivity index (χ4n) is 3.25. The molecule has 1 fully saturated rings. The fraction of sp³-hybridized carbons (Fsp3) is 0.750. The number of hydrogen-bond donors (Lipinski definition) is 2. The molecule has 0 aromatic carbocycles. The minimum absolute atomic E-state index is 0. The van der Waals surface area contributed by atoms with E-state index in [9.17, 15) is 4.79 Å². The second kappa shape index (κ2) is 8.53. The smallest absolute Gasteiger partial charge is 0.242 e. The van der Waals surface area contributed by atoms with Gasteiger partial charge in [-0.05, 0) is 44.6 Å². The van der Waals surface area contributed by atoms with Crippen molar-refractivity contribution >= 4 is 18.3 Å². The molecule has 1 saturated carbocycles. The van der Waals surface area contributed by atoms with Gasteiger partial charge in [0.2, 0.25) is 5.91 Å². The fourth-order valence-corrected chi connectivity index (χ4v) is 3.25. The van der Waals surface area contributed by atoms with Crippen LogP contribution in [0.5, 0.6) is 0 Å². The second-order valence-electron chi connectivity index (χ2n) is 6.53. The molecule has 2 rings (SSSR count). The quantitative estimate of drug-likeness (QED) is 0.872. The Hall–Kier alpha value is -1.07. The monoisotopic (exact) mass is 328 g/mol. The summed E-state index contributed by atoms with van der Waals surface area (Å²) in [4.78, 5) is 12.5. The molecule has 0 saturated heterocycles. The molecule has 6 heteroatoms. The van der Waals surface area contributed by atoms with Gasteiger partial charge in [0.05, 0.1) is 6.20 Å². The van der Waals surface area contributed by atoms with Crippen molar-refractivity contribution in [3.63, 3.8) is 0 Å². The molecule has 22 heavy (non-hydrogen) atoms. The molecule has 1 aromatic heterocycles. The summed E-state index contributed by atoms with van der Waals surface area (Å²) in [6, 6.07) is 0.00143. The van der Waals surface area contributed by atoms with Crippen molar-refractivity contribution in [1.29, 1.82) is 0 Å². The summed E-state index contributed by atoms with van der Waals surface area (Å²) in [5.41, 5.74) is 0.911. The van der Waals surface area contributed by atoms with Crippen LogP contribution in [0.4, 0.5) is 0 Å². The Bertz CT molecular complexity index is 466. The molecule has 0 radical (unpaired) electrons. The highest BCUT2D eigenvalue weighted by Crippen LogP contribution is 2.30. The van der Waals surface area contributed by atoms with E-state index in [2.05, 4.69) is 29.6 Å². The van der Waals surface area contributed by atoms with Gasteiger partial charge >= 0.3 is 0 Å². The number of rotatable bonds is 5. The van der Waals surface area contributed by atoms with Crippen LogP contribution in [0, 0.1) is 11.8 Å². The van der Waals surface area contributed by atoms with Crippen LogP contribution in [0.2, 0.25) is 0 Å². The number of carbonyl (C=O) groups excluding carboxylic acids is 1. The third-order valence-corrected chi connectivity index (χ3v) is 4.67. The molecule has 0 aliphatic heterocycles. The Morgan fingerprint density at radius 1 is 1.32 bits per heavy atom. The van der Waals surface area contributed by atoms with Gasteiger partial charge in [0.25, 0.3) is 0 Å². The predicted molar refractivity (Wildman–Crippen MR) is 91.0 cm³/mol. The number of halogens is 1. The highest BCUT2D eigenvalue weighted by Gasteiger charge is 2.27. The first-order valence-corrected chi connectivity index (χ1v) is 7.97. The molecular formula is C16H29ClN4O. The van der Waals surface area contributed by atoms with E-state index in [4.69, 9.17) is 0 Å². The van der Waals surface area contributed by atoms with Crippen molar-refractivity contribution in [2.45, 2.75) is 51.6 Å². The first kappa shape index (κ1) is 19.0. The molecular weight excluding hydrogens is 300 g/mol. The summed E-state index contributed by atoms with van der Waals surface area (Å²) >= 11 is 0. The summed E-state index contributed by atoms with van der Waals surface area (Å²) in [5, 5.41) is 10.4. The molecule has 1 atom stereocenters. The summed E-state index contributed by atoms with van der Waals surface area (Å²) in [6.07, 6.45) is 8.27. The van der Waals surface area contributed by atoms with Gasteiger partial charge in [0.15, 0.2) is 0 Å². The van der Waals surface area contributed by atoms with Crippen LogP contribution in [0.3, 0.4) is 0 Å². The average molecular weight is 329 g/mol. The number of aryl methyl sites for hydroxylation is 1. The SMILES string of the molecule is CNC(C(=O)NC1CCC(C(C)C)CC1)c1cnn(C)c1.Cl. The van der Waals surface area contributed by atoms with Crippen LogP contribution in [0.15, 0.2) is 12.4 Å². The number of likely N-dealkylation sites (N-methyl/N-ethyl adjacent to an activating group) is 1. The largest absolute Gasteiger partial charge is 0.352 e. The van der Waals surface area contributed by atoms with E-state index < -0.39 is 0 Å². The lowest BCUT2D eigenvalue weighted by molar-refractivity contribution is -0.124. The zero-order chi connectivity index (χ0) is 15.4. The lowest BCUT2D eigenvalue weighted by Crippen LogP contribution is -2.43. The van der Waals surface area contributed by atoms with Crippen molar-refractivity contribution in [2.75, 3.05) is 7.05 Å². The minimum atomic E-state index is -0.318. The number of amides is 1. The number of nitrogens with one attached hydrogen (secondary N) is 2. The summed E-state index contributed by atoms with van der Waals surface area (Å²) < 4.78 is 1.72. The normalized spacial score (nSPS) is 23.0. The van der Waals surface area contributed by atoms with Crippen molar-refractivity contribution in [3.8, 4) is 0 Å². The number of nitrogens with zero attached hydrogens (tertiary/aromatic N) is 2. The van der Waals surface area contributed by atoms with Gasteiger partial charge in [0, 0.05) is 24.8 Å². The summed E-state index contributed by atoms with van der Waals surface area (Å²) in [6.45, 7) is 4.59. The molecule has 1 aliphatic carbocycles. The topological polar surface area (TPSA) is 59.0 Å². The molecule has 0 bridgehead atoms. The van der Waals surface area contributed by atoms with Crippen molar-refractivity contribution in [1.82, 2.24) is 20.4 Å². The Morgan fingerprint density at radius 2 is 1.95 bits per heavy atom. The van der Waals surface area contributed by atoms with Gasteiger partial charge in [0.1, 0.15) is 6.04 Å².